The summed E-state index contributed by atoms with van der Waals surface area (Å²) in [7, 11) is 1.64. The topological polar surface area (TPSA) is 51.2 Å². The summed E-state index contributed by atoms with van der Waals surface area (Å²) in [6, 6.07) is 13.3. The second-order valence-electron chi connectivity index (χ2n) is 4.56. The predicted molar refractivity (Wildman–Crippen MR) is 78.9 cm³/mol. The molecule has 0 spiro atoms. The van der Waals surface area contributed by atoms with Crippen LogP contribution in [0.1, 0.15) is 17.7 Å². The number of amides is 1. The second-order valence-corrected chi connectivity index (χ2v) is 4.56. The van der Waals surface area contributed by atoms with Crippen molar-refractivity contribution in [1.29, 1.82) is 0 Å². The van der Waals surface area contributed by atoms with Crippen molar-refractivity contribution in [1.82, 2.24) is 4.98 Å². The molecule has 1 amide bonds. The third-order valence-corrected chi connectivity index (χ3v) is 2.96. The molecule has 0 saturated carbocycles. The van der Waals surface area contributed by atoms with Crippen LogP contribution in [0.15, 0.2) is 42.5 Å². The molecular weight excluding hydrogens is 252 g/mol. The number of benzene rings is 1. The number of carbonyl (C=O) groups excluding carboxylic acids is 1. The zero-order chi connectivity index (χ0) is 14.4. The molecule has 0 aliphatic rings. The number of anilines is 1. The van der Waals surface area contributed by atoms with Crippen molar-refractivity contribution in [3.8, 4) is 5.75 Å². The van der Waals surface area contributed by atoms with Crippen LogP contribution in [0.3, 0.4) is 0 Å². The maximum absolute atomic E-state index is 11.8. The molecule has 0 fully saturated rings. The Bertz CT molecular complexity index is 579. The van der Waals surface area contributed by atoms with Gasteiger partial charge in [0.1, 0.15) is 11.6 Å². The zero-order valence-corrected chi connectivity index (χ0v) is 11.7. The van der Waals surface area contributed by atoms with Gasteiger partial charge >= 0.3 is 0 Å². The molecule has 0 radical (unpaired) electrons. The molecule has 4 nitrogen and oxygen atoms in total. The summed E-state index contributed by atoms with van der Waals surface area (Å²) in [5.41, 5.74) is 2.00. The fraction of sp³-hybridized carbons (Fsp3) is 0.250. The van der Waals surface area contributed by atoms with Crippen molar-refractivity contribution in [3.05, 3.63) is 53.7 Å². The van der Waals surface area contributed by atoms with Gasteiger partial charge in [0.2, 0.25) is 5.91 Å². The number of nitrogens with one attached hydrogen (secondary N) is 1. The normalized spacial score (nSPS) is 10.1. The lowest BCUT2D eigenvalue weighted by atomic mass is 10.1. The van der Waals surface area contributed by atoms with Gasteiger partial charge in [-0.3, -0.25) is 4.79 Å². The lowest BCUT2D eigenvalue weighted by molar-refractivity contribution is -0.116. The molecule has 104 valence electrons. The van der Waals surface area contributed by atoms with Crippen LogP contribution in [0.4, 0.5) is 5.82 Å². The Kier molecular flexibility index (Phi) is 4.71. The minimum Gasteiger partial charge on any atom is -0.497 e. The van der Waals surface area contributed by atoms with Gasteiger partial charge in [0.15, 0.2) is 0 Å². The predicted octanol–water partition coefficient (Wildman–Crippen LogP) is 2.97. The maximum Gasteiger partial charge on any atom is 0.225 e. The number of methoxy groups -OCH3 is 1. The van der Waals surface area contributed by atoms with E-state index in [1.54, 1.807) is 13.2 Å². The third kappa shape index (κ3) is 4.09. The van der Waals surface area contributed by atoms with Crippen molar-refractivity contribution in [2.24, 2.45) is 0 Å². The maximum atomic E-state index is 11.8. The van der Waals surface area contributed by atoms with Gasteiger partial charge < -0.3 is 10.1 Å². The van der Waals surface area contributed by atoms with Gasteiger partial charge in [0, 0.05) is 12.1 Å². The molecule has 1 aromatic carbocycles. The second kappa shape index (κ2) is 6.70. The number of hydrogen-bond donors (Lipinski definition) is 1. The van der Waals surface area contributed by atoms with E-state index >= 15 is 0 Å². The number of rotatable bonds is 5. The zero-order valence-electron chi connectivity index (χ0n) is 11.7. The van der Waals surface area contributed by atoms with Gasteiger partial charge in [-0.25, -0.2) is 4.98 Å². The van der Waals surface area contributed by atoms with Gasteiger partial charge in [0.05, 0.1) is 7.11 Å². The van der Waals surface area contributed by atoms with Crippen LogP contribution in [-0.4, -0.2) is 18.0 Å². The highest BCUT2D eigenvalue weighted by atomic mass is 16.5. The molecule has 0 saturated heterocycles. The van der Waals surface area contributed by atoms with Crippen molar-refractivity contribution in [2.45, 2.75) is 19.8 Å². The molecule has 1 heterocycles. The summed E-state index contributed by atoms with van der Waals surface area (Å²) in [4.78, 5) is 16.1. The van der Waals surface area contributed by atoms with Crippen LogP contribution >= 0.6 is 0 Å². The van der Waals surface area contributed by atoms with E-state index < -0.39 is 0 Å². The average Bonchev–Trinajstić information content (AvgIpc) is 2.46. The van der Waals surface area contributed by atoms with Gasteiger partial charge in [0.25, 0.3) is 0 Å². The summed E-state index contributed by atoms with van der Waals surface area (Å²) in [5, 5.41) is 2.80. The minimum atomic E-state index is -0.0288. The van der Waals surface area contributed by atoms with Crippen LogP contribution in [0.25, 0.3) is 0 Å². The lowest BCUT2D eigenvalue weighted by Gasteiger charge is -2.06. The Morgan fingerprint density at radius 2 is 1.95 bits per heavy atom. The first-order chi connectivity index (χ1) is 9.67. The molecular formula is C16H18N2O2. The van der Waals surface area contributed by atoms with Crippen LogP contribution in [0.2, 0.25) is 0 Å². The van der Waals surface area contributed by atoms with Crippen molar-refractivity contribution in [2.75, 3.05) is 12.4 Å². The number of ether oxygens (including phenoxy) is 1. The number of pyridine rings is 1. The monoisotopic (exact) mass is 270 g/mol. The van der Waals surface area contributed by atoms with Crippen LogP contribution < -0.4 is 10.1 Å². The average molecular weight is 270 g/mol. The first-order valence-corrected chi connectivity index (χ1v) is 6.54. The molecule has 0 atom stereocenters. The number of nitrogens with zero attached hydrogens (tertiary/aromatic N) is 1. The Balaban J connectivity index is 1.85. The third-order valence-electron chi connectivity index (χ3n) is 2.96. The number of carbonyl (C=O) groups is 1. The summed E-state index contributed by atoms with van der Waals surface area (Å²) in [6.07, 6.45) is 1.13. The van der Waals surface area contributed by atoms with E-state index in [2.05, 4.69) is 10.3 Å². The van der Waals surface area contributed by atoms with E-state index in [0.717, 1.165) is 17.0 Å². The molecule has 20 heavy (non-hydrogen) atoms. The SMILES string of the molecule is COc1ccc(CCC(=O)Nc2cccc(C)n2)cc1. The minimum absolute atomic E-state index is 0.0288. The molecule has 1 aromatic heterocycles. The molecule has 0 aliphatic carbocycles. The first kappa shape index (κ1) is 14.1. The number of aryl methyl sites for hydroxylation is 2. The van der Waals surface area contributed by atoms with Crippen LogP contribution in [0.5, 0.6) is 5.75 Å². The molecule has 0 bridgehead atoms. The smallest absolute Gasteiger partial charge is 0.225 e. The number of aromatic nitrogens is 1. The van der Waals surface area contributed by atoms with Gasteiger partial charge in [-0.15, -0.1) is 0 Å². The van der Waals surface area contributed by atoms with E-state index in [1.165, 1.54) is 0 Å². The summed E-state index contributed by atoms with van der Waals surface area (Å²) < 4.78 is 5.10. The standard InChI is InChI=1S/C16H18N2O2/c1-12-4-3-5-15(17-12)18-16(19)11-8-13-6-9-14(20-2)10-7-13/h3-7,9-10H,8,11H2,1-2H3,(H,17,18,19). The fourth-order valence-electron chi connectivity index (χ4n) is 1.87. The molecule has 4 heteroatoms. The lowest BCUT2D eigenvalue weighted by Crippen LogP contribution is -2.13. The summed E-state index contributed by atoms with van der Waals surface area (Å²) in [6.45, 7) is 1.90. The van der Waals surface area contributed by atoms with Crippen molar-refractivity contribution >= 4 is 11.7 Å². The fourth-order valence-corrected chi connectivity index (χ4v) is 1.87. The number of hydrogen-bond acceptors (Lipinski definition) is 3. The largest absolute Gasteiger partial charge is 0.497 e. The highest BCUT2D eigenvalue weighted by Gasteiger charge is 2.04. The summed E-state index contributed by atoms with van der Waals surface area (Å²) in [5.74, 6) is 1.39. The summed E-state index contributed by atoms with van der Waals surface area (Å²) >= 11 is 0. The Morgan fingerprint density at radius 3 is 2.60 bits per heavy atom. The van der Waals surface area contributed by atoms with E-state index in [9.17, 15) is 4.79 Å². The molecule has 0 unspecified atom stereocenters. The van der Waals surface area contributed by atoms with Crippen molar-refractivity contribution < 1.29 is 9.53 Å². The Hall–Kier alpha value is -2.36. The first-order valence-electron chi connectivity index (χ1n) is 6.54. The highest BCUT2D eigenvalue weighted by Crippen LogP contribution is 2.13. The van der Waals surface area contributed by atoms with Crippen LogP contribution in [-0.2, 0) is 11.2 Å². The van der Waals surface area contributed by atoms with Crippen molar-refractivity contribution in [3.63, 3.8) is 0 Å². The quantitative estimate of drug-likeness (QED) is 0.908. The molecule has 1 N–H and O–H groups in total. The molecule has 2 rings (SSSR count). The van der Waals surface area contributed by atoms with Gasteiger partial charge in [-0.1, -0.05) is 18.2 Å². The van der Waals surface area contributed by atoms with Gasteiger partial charge in [-0.2, -0.15) is 0 Å². The van der Waals surface area contributed by atoms with E-state index in [-0.39, 0.29) is 5.91 Å². The van der Waals surface area contributed by atoms with E-state index in [4.69, 9.17) is 4.74 Å². The Morgan fingerprint density at radius 1 is 1.20 bits per heavy atom. The Labute approximate surface area is 118 Å². The molecule has 0 aliphatic heterocycles. The van der Waals surface area contributed by atoms with Gasteiger partial charge in [-0.05, 0) is 43.2 Å². The molecule has 2 aromatic rings. The van der Waals surface area contributed by atoms with E-state index in [1.807, 2.05) is 43.3 Å². The van der Waals surface area contributed by atoms with Crippen LogP contribution in [0, 0.1) is 6.92 Å². The van der Waals surface area contributed by atoms with E-state index in [0.29, 0.717) is 18.7 Å². The highest BCUT2D eigenvalue weighted by molar-refractivity contribution is 5.89.